The zero-order chi connectivity index (χ0) is 12.4. The summed E-state index contributed by atoms with van der Waals surface area (Å²) in [5, 5.41) is 0. The van der Waals surface area contributed by atoms with E-state index in [1.54, 1.807) is 0 Å². The summed E-state index contributed by atoms with van der Waals surface area (Å²) in [7, 11) is 0. The third kappa shape index (κ3) is 2.84. The molecule has 17 heavy (non-hydrogen) atoms. The number of nitrogens with two attached hydrogens (primary N) is 1. The lowest BCUT2D eigenvalue weighted by atomic mass is 9.90. The van der Waals surface area contributed by atoms with Crippen LogP contribution in [0.1, 0.15) is 12.0 Å². The van der Waals surface area contributed by atoms with Crippen LogP contribution in [0.25, 0.3) is 0 Å². The highest BCUT2D eigenvalue weighted by molar-refractivity contribution is 9.10. The van der Waals surface area contributed by atoms with Gasteiger partial charge in [-0.3, -0.25) is 0 Å². The number of halogens is 3. The van der Waals surface area contributed by atoms with Crippen LogP contribution in [0.2, 0.25) is 0 Å². The third-order valence-corrected chi connectivity index (χ3v) is 3.75. The maximum Gasteiger partial charge on any atom is 0.143 e. The van der Waals surface area contributed by atoms with Crippen molar-refractivity contribution in [2.24, 2.45) is 11.7 Å². The van der Waals surface area contributed by atoms with Crippen molar-refractivity contribution < 1.29 is 13.5 Å². The van der Waals surface area contributed by atoms with Gasteiger partial charge in [-0.1, -0.05) is 0 Å². The monoisotopic (exact) mass is 305 g/mol. The molecule has 0 bridgehead atoms. The van der Waals surface area contributed by atoms with Crippen molar-refractivity contribution in [3.63, 3.8) is 0 Å². The molecule has 1 aromatic rings. The van der Waals surface area contributed by atoms with Crippen molar-refractivity contribution in [2.75, 3.05) is 13.2 Å². The van der Waals surface area contributed by atoms with Gasteiger partial charge in [0.25, 0.3) is 0 Å². The Hall–Kier alpha value is -0.520. The second kappa shape index (κ2) is 5.42. The highest BCUT2D eigenvalue weighted by atomic mass is 79.9. The first kappa shape index (κ1) is 12.9. The standard InChI is InChI=1S/C12H14BrF2NO/c13-9-1-2-10(14)8(12(9)15)5-7-6-17-4-3-11(7)16/h1-2,7,11H,3-6,16H2. The smallest absolute Gasteiger partial charge is 0.143 e. The van der Waals surface area contributed by atoms with Crippen LogP contribution in [-0.2, 0) is 11.2 Å². The van der Waals surface area contributed by atoms with E-state index in [1.807, 2.05) is 0 Å². The highest BCUT2D eigenvalue weighted by Gasteiger charge is 2.25. The lowest BCUT2D eigenvalue weighted by molar-refractivity contribution is 0.0416. The van der Waals surface area contributed by atoms with Crippen molar-refractivity contribution in [3.05, 3.63) is 33.8 Å². The molecule has 0 amide bonds. The van der Waals surface area contributed by atoms with Gasteiger partial charge in [0.1, 0.15) is 11.6 Å². The molecule has 2 unspecified atom stereocenters. The quantitative estimate of drug-likeness (QED) is 0.853. The Bertz CT molecular complexity index is 414. The zero-order valence-corrected chi connectivity index (χ0v) is 10.8. The van der Waals surface area contributed by atoms with E-state index < -0.39 is 11.6 Å². The van der Waals surface area contributed by atoms with E-state index in [2.05, 4.69) is 15.9 Å². The van der Waals surface area contributed by atoms with Crippen LogP contribution in [0.15, 0.2) is 16.6 Å². The summed E-state index contributed by atoms with van der Waals surface area (Å²) in [6.45, 7) is 1.09. The van der Waals surface area contributed by atoms with E-state index in [1.165, 1.54) is 12.1 Å². The van der Waals surface area contributed by atoms with Crippen molar-refractivity contribution >= 4 is 15.9 Å². The Morgan fingerprint density at radius 1 is 1.41 bits per heavy atom. The molecule has 0 aromatic heterocycles. The van der Waals surface area contributed by atoms with Crippen LogP contribution >= 0.6 is 15.9 Å². The van der Waals surface area contributed by atoms with Gasteiger partial charge in [-0.05, 0) is 40.9 Å². The van der Waals surface area contributed by atoms with E-state index in [-0.39, 0.29) is 28.4 Å². The van der Waals surface area contributed by atoms with Gasteiger partial charge in [-0.2, -0.15) is 0 Å². The van der Waals surface area contributed by atoms with E-state index in [4.69, 9.17) is 10.5 Å². The maximum atomic E-state index is 13.8. The topological polar surface area (TPSA) is 35.2 Å². The first-order valence-corrected chi connectivity index (χ1v) is 6.34. The highest BCUT2D eigenvalue weighted by Crippen LogP contribution is 2.26. The predicted octanol–water partition coefficient (Wildman–Crippen LogP) is 2.63. The molecule has 1 saturated heterocycles. The van der Waals surface area contributed by atoms with Crippen molar-refractivity contribution in [2.45, 2.75) is 18.9 Å². The molecule has 0 saturated carbocycles. The summed E-state index contributed by atoms with van der Waals surface area (Å²) in [6, 6.07) is 2.57. The largest absolute Gasteiger partial charge is 0.381 e. The second-order valence-corrected chi connectivity index (χ2v) is 5.17. The van der Waals surface area contributed by atoms with Crippen LogP contribution < -0.4 is 5.73 Å². The molecule has 2 nitrogen and oxygen atoms in total. The fraction of sp³-hybridized carbons (Fsp3) is 0.500. The summed E-state index contributed by atoms with van der Waals surface area (Å²) >= 11 is 3.06. The lowest BCUT2D eigenvalue weighted by Crippen LogP contribution is -2.40. The summed E-state index contributed by atoms with van der Waals surface area (Å²) in [6.07, 6.45) is 1.01. The number of ether oxygens (including phenoxy) is 1. The third-order valence-electron chi connectivity index (χ3n) is 3.14. The fourth-order valence-electron chi connectivity index (χ4n) is 2.04. The average Bonchev–Trinajstić information content (AvgIpc) is 2.32. The SMILES string of the molecule is NC1CCOCC1Cc1c(F)ccc(Br)c1F. The van der Waals surface area contributed by atoms with Gasteiger partial charge in [0.05, 0.1) is 11.1 Å². The molecule has 1 aliphatic heterocycles. The average molecular weight is 306 g/mol. The summed E-state index contributed by atoms with van der Waals surface area (Å²) in [5.41, 5.74) is 6.02. The van der Waals surface area contributed by atoms with Gasteiger partial charge in [0.15, 0.2) is 0 Å². The van der Waals surface area contributed by atoms with Crippen LogP contribution in [-0.4, -0.2) is 19.3 Å². The molecule has 5 heteroatoms. The van der Waals surface area contributed by atoms with Crippen molar-refractivity contribution in [1.29, 1.82) is 0 Å². The minimum absolute atomic E-state index is 0.0259. The van der Waals surface area contributed by atoms with E-state index >= 15 is 0 Å². The van der Waals surface area contributed by atoms with Crippen molar-refractivity contribution in [3.8, 4) is 0 Å². The molecule has 1 aromatic carbocycles. The van der Waals surface area contributed by atoms with Crippen LogP contribution in [0.5, 0.6) is 0 Å². The molecule has 0 radical (unpaired) electrons. The summed E-state index contributed by atoms with van der Waals surface area (Å²) in [4.78, 5) is 0. The molecule has 94 valence electrons. The zero-order valence-electron chi connectivity index (χ0n) is 9.26. The number of hydrogen-bond donors (Lipinski definition) is 1. The minimum atomic E-state index is -0.539. The van der Waals surface area contributed by atoms with E-state index in [0.717, 1.165) is 6.42 Å². The molecule has 1 aliphatic rings. The summed E-state index contributed by atoms with van der Waals surface area (Å²) in [5.74, 6) is -1.09. The van der Waals surface area contributed by atoms with Gasteiger partial charge in [-0.25, -0.2) is 8.78 Å². The van der Waals surface area contributed by atoms with Gasteiger partial charge in [0, 0.05) is 24.1 Å². The van der Waals surface area contributed by atoms with Gasteiger partial charge < -0.3 is 10.5 Å². The predicted molar refractivity (Wildman–Crippen MR) is 64.7 cm³/mol. The molecule has 0 aliphatic carbocycles. The van der Waals surface area contributed by atoms with Crippen molar-refractivity contribution in [1.82, 2.24) is 0 Å². The Morgan fingerprint density at radius 3 is 2.88 bits per heavy atom. The molecule has 2 rings (SSSR count). The van der Waals surface area contributed by atoms with Gasteiger partial charge in [0.2, 0.25) is 0 Å². The number of benzene rings is 1. The molecular formula is C12H14BrF2NO. The van der Waals surface area contributed by atoms with E-state index in [9.17, 15) is 8.78 Å². The van der Waals surface area contributed by atoms with Gasteiger partial charge >= 0.3 is 0 Å². The van der Waals surface area contributed by atoms with Crippen LogP contribution in [0.3, 0.4) is 0 Å². The minimum Gasteiger partial charge on any atom is -0.381 e. The van der Waals surface area contributed by atoms with Crippen LogP contribution in [0.4, 0.5) is 8.78 Å². The maximum absolute atomic E-state index is 13.8. The van der Waals surface area contributed by atoms with E-state index in [0.29, 0.717) is 13.2 Å². The fourth-order valence-corrected chi connectivity index (χ4v) is 2.41. The first-order chi connectivity index (χ1) is 8.09. The summed E-state index contributed by atoms with van der Waals surface area (Å²) < 4.78 is 32.9. The Labute approximate surface area is 107 Å². The lowest BCUT2D eigenvalue weighted by Gasteiger charge is -2.28. The number of rotatable bonds is 2. The molecule has 2 atom stereocenters. The second-order valence-electron chi connectivity index (χ2n) is 4.31. The molecular weight excluding hydrogens is 292 g/mol. The van der Waals surface area contributed by atoms with Gasteiger partial charge in [-0.15, -0.1) is 0 Å². The molecule has 1 heterocycles. The normalized spacial score (nSPS) is 24.9. The Kier molecular flexibility index (Phi) is 4.12. The molecule has 1 fully saturated rings. The number of hydrogen-bond acceptors (Lipinski definition) is 2. The van der Waals surface area contributed by atoms with Crippen LogP contribution in [0, 0.1) is 17.6 Å². The Morgan fingerprint density at radius 2 is 2.18 bits per heavy atom. The molecule has 0 spiro atoms. The Balaban J connectivity index is 2.20. The first-order valence-electron chi connectivity index (χ1n) is 5.55. The molecule has 2 N–H and O–H groups in total.